The summed E-state index contributed by atoms with van der Waals surface area (Å²) in [5.41, 5.74) is 2.05. The number of amides is 1. The van der Waals surface area contributed by atoms with E-state index < -0.39 is 17.6 Å². The number of furan rings is 1. The molecule has 0 bridgehead atoms. The number of hydrogen-bond acceptors (Lipinski definition) is 5. The van der Waals surface area contributed by atoms with E-state index in [0.717, 1.165) is 28.6 Å². The van der Waals surface area contributed by atoms with E-state index in [-0.39, 0.29) is 25.3 Å². The third kappa shape index (κ3) is 6.15. The average Bonchev–Trinajstić information content (AvgIpc) is 3.67. The minimum atomic E-state index is -4.43. The van der Waals surface area contributed by atoms with Crippen molar-refractivity contribution in [3.05, 3.63) is 113 Å². The summed E-state index contributed by atoms with van der Waals surface area (Å²) in [6.07, 6.45) is 0.963. The van der Waals surface area contributed by atoms with Gasteiger partial charge in [0, 0.05) is 30.2 Å². The van der Waals surface area contributed by atoms with Crippen molar-refractivity contribution in [2.45, 2.75) is 32.2 Å². The molecule has 5 aromatic rings. The van der Waals surface area contributed by atoms with Gasteiger partial charge in [0.2, 0.25) is 5.89 Å². The van der Waals surface area contributed by atoms with Crippen molar-refractivity contribution in [3.63, 3.8) is 0 Å². The molecule has 2 N–H and O–H groups in total. The van der Waals surface area contributed by atoms with Crippen LogP contribution in [0.25, 0.3) is 10.9 Å². The van der Waals surface area contributed by atoms with Crippen LogP contribution in [0.3, 0.4) is 0 Å². The summed E-state index contributed by atoms with van der Waals surface area (Å²) in [5, 5.41) is 3.81. The van der Waals surface area contributed by atoms with Gasteiger partial charge >= 0.3 is 6.18 Å². The van der Waals surface area contributed by atoms with E-state index in [1.807, 2.05) is 35.4 Å². The molecule has 7 nitrogen and oxygen atoms in total. The molecular weight excluding hydrogens is 497 g/mol. The van der Waals surface area contributed by atoms with Crippen LogP contribution in [0.2, 0.25) is 0 Å². The lowest BCUT2D eigenvalue weighted by Gasteiger charge is -2.21. The van der Waals surface area contributed by atoms with Crippen LogP contribution in [0.5, 0.6) is 0 Å². The second-order valence-corrected chi connectivity index (χ2v) is 8.91. The lowest BCUT2D eigenvalue weighted by molar-refractivity contribution is -0.137. The van der Waals surface area contributed by atoms with Gasteiger partial charge in [-0.15, -0.1) is 0 Å². The highest BCUT2D eigenvalue weighted by atomic mass is 19.4. The molecule has 0 aliphatic heterocycles. The highest BCUT2D eigenvalue weighted by molar-refractivity contribution is 5.91. The van der Waals surface area contributed by atoms with Crippen LogP contribution in [-0.2, 0) is 32.2 Å². The molecule has 2 aromatic carbocycles. The maximum atomic E-state index is 13.3. The predicted molar refractivity (Wildman–Crippen MR) is 134 cm³/mol. The molecule has 38 heavy (non-hydrogen) atoms. The molecule has 3 heterocycles. The van der Waals surface area contributed by atoms with Gasteiger partial charge in [-0.2, -0.15) is 13.2 Å². The van der Waals surface area contributed by atoms with Crippen molar-refractivity contribution < 1.29 is 26.8 Å². The first-order valence-corrected chi connectivity index (χ1v) is 12.0. The average molecular weight is 523 g/mol. The Balaban J connectivity index is 1.31. The van der Waals surface area contributed by atoms with Crippen LogP contribution in [0, 0.1) is 0 Å². The standard InChI is InChI=1S/C28H25F3N4O3/c29-28(30,31)21-6-3-5-19(13-21)16-35(11-10-20-14-32-24-9-2-1-8-23(20)24)17-26-34-25(18-38-26)27(36)33-15-22-7-4-12-37-22/h1-9,12-14,18,32H,10-11,15-17H2,(H,33,36). The number of benzene rings is 2. The second kappa shape index (κ2) is 11.0. The van der Waals surface area contributed by atoms with Crippen molar-refractivity contribution in [2.75, 3.05) is 6.54 Å². The van der Waals surface area contributed by atoms with Crippen molar-refractivity contribution in [2.24, 2.45) is 0 Å². The lowest BCUT2D eigenvalue weighted by atomic mass is 10.1. The zero-order valence-corrected chi connectivity index (χ0v) is 20.3. The minimum Gasteiger partial charge on any atom is -0.467 e. The molecule has 0 aliphatic rings. The summed E-state index contributed by atoms with van der Waals surface area (Å²) < 4.78 is 50.6. The summed E-state index contributed by atoms with van der Waals surface area (Å²) >= 11 is 0. The highest BCUT2D eigenvalue weighted by Crippen LogP contribution is 2.30. The van der Waals surface area contributed by atoms with E-state index in [2.05, 4.69) is 15.3 Å². The Kier molecular flexibility index (Phi) is 7.32. The van der Waals surface area contributed by atoms with E-state index in [0.29, 0.717) is 30.2 Å². The molecule has 0 radical (unpaired) electrons. The summed E-state index contributed by atoms with van der Waals surface area (Å²) in [7, 11) is 0. The van der Waals surface area contributed by atoms with Gasteiger partial charge < -0.3 is 19.1 Å². The largest absolute Gasteiger partial charge is 0.467 e. The molecule has 5 rings (SSSR count). The quantitative estimate of drug-likeness (QED) is 0.237. The van der Waals surface area contributed by atoms with Crippen molar-refractivity contribution in [1.29, 1.82) is 0 Å². The van der Waals surface area contributed by atoms with E-state index in [1.165, 1.54) is 18.6 Å². The first kappa shape index (κ1) is 25.3. The number of aromatic amines is 1. The van der Waals surface area contributed by atoms with E-state index in [1.54, 1.807) is 18.2 Å². The lowest BCUT2D eigenvalue weighted by Crippen LogP contribution is -2.26. The fraction of sp³-hybridized carbons (Fsp3) is 0.214. The van der Waals surface area contributed by atoms with Crippen molar-refractivity contribution >= 4 is 16.8 Å². The molecule has 0 aliphatic carbocycles. The third-order valence-electron chi connectivity index (χ3n) is 6.18. The zero-order chi connectivity index (χ0) is 26.5. The van der Waals surface area contributed by atoms with Crippen LogP contribution in [0.4, 0.5) is 13.2 Å². The van der Waals surface area contributed by atoms with Gasteiger partial charge in [-0.1, -0.05) is 36.4 Å². The molecule has 0 atom stereocenters. The zero-order valence-electron chi connectivity index (χ0n) is 20.3. The third-order valence-corrected chi connectivity index (χ3v) is 6.18. The number of alkyl halides is 3. The Labute approximate surface area is 216 Å². The number of fused-ring (bicyclic) bond motifs is 1. The number of oxazole rings is 1. The monoisotopic (exact) mass is 522 g/mol. The number of carbonyl (C=O) groups is 1. The molecule has 10 heteroatoms. The highest BCUT2D eigenvalue weighted by Gasteiger charge is 2.30. The summed E-state index contributed by atoms with van der Waals surface area (Å²) in [6, 6.07) is 16.7. The number of H-pyrrole nitrogens is 1. The van der Waals surface area contributed by atoms with Crippen LogP contribution in [0.1, 0.15) is 38.8 Å². The summed E-state index contributed by atoms with van der Waals surface area (Å²) in [5.74, 6) is 0.477. The molecule has 0 spiro atoms. The topological polar surface area (TPSA) is 87.3 Å². The first-order chi connectivity index (χ1) is 18.3. The second-order valence-electron chi connectivity index (χ2n) is 8.91. The Morgan fingerprint density at radius 2 is 1.89 bits per heavy atom. The Hall–Kier alpha value is -4.31. The van der Waals surface area contributed by atoms with Gasteiger partial charge in [-0.05, 0) is 41.8 Å². The number of carbonyl (C=O) groups excluding carboxylic acids is 1. The SMILES string of the molecule is O=C(NCc1ccco1)c1coc(CN(CCc2c[nH]c3ccccc23)Cc2cccc(C(F)(F)F)c2)n1. The van der Waals surface area contributed by atoms with Crippen molar-refractivity contribution in [1.82, 2.24) is 20.2 Å². The number of para-hydroxylation sites is 1. The smallest absolute Gasteiger partial charge is 0.416 e. The van der Waals surface area contributed by atoms with Gasteiger partial charge in [0.15, 0.2) is 5.69 Å². The molecule has 0 saturated carbocycles. The van der Waals surface area contributed by atoms with Crippen LogP contribution >= 0.6 is 0 Å². The molecule has 0 unspecified atom stereocenters. The minimum absolute atomic E-state index is 0.113. The fourth-order valence-corrected chi connectivity index (χ4v) is 4.29. The van der Waals surface area contributed by atoms with Crippen molar-refractivity contribution in [3.8, 4) is 0 Å². The van der Waals surface area contributed by atoms with Gasteiger partial charge in [0.25, 0.3) is 5.91 Å². The van der Waals surface area contributed by atoms with E-state index in [4.69, 9.17) is 8.83 Å². The number of nitrogens with zero attached hydrogens (tertiary/aromatic N) is 2. The predicted octanol–water partition coefficient (Wildman–Crippen LogP) is 5.94. The van der Waals surface area contributed by atoms with Crippen LogP contribution in [0.15, 0.2) is 88.2 Å². The van der Waals surface area contributed by atoms with Gasteiger partial charge in [0.1, 0.15) is 12.0 Å². The molecule has 0 fully saturated rings. The normalized spacial score (nSPS) is 11.9. The summed E-state index contributed by atoms with van der Waals surface area (Å²) in [4.78, 5) is 22.0. The molecule has 1 amide bonds. The fourth-order valence-electron chi connectivity index (χ4n) is 4.29. The van der Waals surface area contributed by atoms with Crippen LogP contribution < -0.4 is 5.32 Å². The molecule has 3 aromatic heterocycles. The molecular formula is C28H25F3N4O3. The Morgan fingerprint density at radius 1 is 1.03 bits per heavy atom. The molecule has 196 valence electrons. The van der Waals surface area contributed by atoms with Gasteiger partial charge in [0.05, 0.1) is 24.9 Å². The number of nitrogens with one attached hydrogen (secondary N) is 2. The van der Waals surface area contributed by atoms with Gasteiger partial charge in [-0.25, -0.2) is 4.98 Å². The number of rotatable bonds is 10. The maximum Gasteiger partial charge on any atom is 0.416 e. The Morgan fingerprint density at radius 3 is 2.71 bits per heavy atom. The number of hydrogen-bond donors (Lipinski definition) is 2. The van der Waals surface area contributed by atoms with Crippen LogP contribution in [-0.4, -0.2) is 27.3 Å². The summed E-state index contributed by atoms with van der Waals surface area (Å²) in [6.45, 7) is 1.19. The van der Waals surface area contributed by atoms with E-state index in [9.17, 15) is 18.0 Å². The Bertz CT molecular complexity index is 1510. The molecule has 0 saturated heterocycles. The number of halogens is 3. The number of aromatic nitrogens is 2. The van der Waals surface area contributed by atoms with Gasteiger partial charge in [-0.3, -0.25) is 9.69 Å². The maximum absolute atomic E-state index is 13.3. The van der Waals surface area contributed by atoms with E-state index >= 15 is 0 Å². The first-order valence-electron chi connectivity index (χ1n) is 12.0.